The topological polar surface area (TPSA) is 12.0 Å². The lowest BCUT2D eigenvalue weighted by molar-refractivity contribution is 0.717. The van der Waals surface area contributed by atoms with Gasteiger partial charge in [0, 0.05) is 12.2 Å². The van der Waals surface area contributed by atoms with Crippen molar-refractivity contribution in [1.29, 1.82) is 0 Å². The van der Waals surface area contributed by atoms with E-state index in [1.165, 1.54) is 11.3 Å². The molecule has 0 saturated heterocycles. The zero-order valence-electron chi connectivity index (χ0n) is 9.28. The number of rotatable bonds is 6. The van der Waals surface area contributed by atoms with Crippen LogP contribution in [0.3, 0.4) is 0 Å². The molecule has 0 saturated carbocycles. The molecule has 0 heterocycles. The van der Waals surface area contributed by atoms with Gasteiger partial charge in [0.15, 0.2) is 0 Å². The van der Waals surface area contributed by atoms with Crippen LogP contribution in [-0.4, -0.2) is 11.9 Å². The maximum absolute atomic E-state index is 6.10. The minimum atomic E-state index is 0.157. The summed E-state index contributed by atoms with van der Waals surface area (Å²) in [5.41, 5.74) is 2.70. The van der Waals surface area contributed by atoms with E-state index in [-0.39, 0.29) is 5.38 Å². The fourth-order valence-corrected chi connectivity index (χ4v) is 1.76. The Balaban J connectivity index is 4.42. The van der Waals surface area contributed by atoms with Crippen molar-refractivity contribution in [2.24, 2.45) is 0 Å². The quantitative estimate of drug-likeness (QED) is 0.650. The zero-order valence-corrected chi connectivity index (χ0v) is 10.0. The Bertz CT molecular complexity index is 161. The maximum atomic E-state index is 6.10. The molecule has 1 unspecified atom stereocenters. The lowest BCUT2D eigenvalue weighted by Crippen LogP contribution is -2.18. The minimum Gasteiger partial charge on any atom is -0.388 e. The number of hydrogen-bond acceptors (Lipinski definition) is 1. The highest BCUT2D eigenvalue weighted by molar-refractivity contribution is 6.22. The van der Waals surface area contributed by atoms with Crippen molar-refractivity contribution in [1.82, 2.24) is 5.32 Å². The van der Waals surface area contributed by atoms with Gasteiger partial charge in [-0.15, -0.1) is 11.6 Å². The standard InChI is InChI=1S/C11H22ClN/c1-5-8-13-11(7-3)10(6-2)9(4)12/h9,13H,5-8H2,1-4H3. The van der Waals surface area contributed by atoms with Gasteiger partial charge in [0.05, 0.1) is 5.38 Å². The molecule has 0 rings (SSSR count). The van der Waals surface area contributed by atoms with E-state index in [2.05, 4.69) is 26.1 Å². The molecule has 0 aromatic rings. The fourth-order valence-electron chi connectivity index (χ4n) is 1.48. The van der Waals surface area contributed by atoms with Crippen LogP contribution in [-0.2, 0) is 0 Å². The fraction of sp³-hybridized carbons (Fsp3) is 0.818. The third-order valence-electron chi connectivity index (χ3n) is 2.19. The summed E-state index contributed by atoms with van der Waals surface area (Å²) in [6.45, 7) is 9.61. The first-order valence-electron chi connectivity index (χ1n) is 5.27. The van der Waals surface area contributed by atoms with Crippen molar-refractivity contribution < 1.29 is 0 Å². The summed E-state index contributed by atoms with van der Waals surface area (Å²) in [5.74, 6) is 0. The van der Waals surface area contributed by atoms with Crippen molar-refractivity contribution in [3.05, 3.63) is 11.3 Å². The van der Waals surface area contributed by atoms with E-state index in [0.717, 1.165) is 25.8 Å². The number of nitrogens with one attached hydrogen (secondary N) is 1. The average molecular weight is 204 g/mol. The highest BCUT2D eigenvalue weighted by Crippen LogP contribution is 2.18. The van der Waals surface area contributed by atoms with Crippen LogP contribution in [0, 0.1) is 0 Å². The molecule has 2 heteroatoms. The Morgan fingerprint density at radius 3 is 2.15 bits per heavy atom. The normalized spacial score (nSPS) is 15.2. The van der Waals surface area contributed by atoms with Gasteiger partial charge in [-0.2, -0.15) is 0 Å². The van der Waals surface area contributed by atoms with Crippen molar-refractivity contribution in [2.75, 3.05) is 6.54 Å². The second-order valence-electron chi connectivity index (χ2n) is 3.25. The van der Waals surface area contributed by atoms with Crippen LogP contribution < -0.4 is 5.32 Å². The second kappa shape index (κ2) is 7.25. The van der Waals surface area contributed by atoms with Gasteiger partial charge < -0.3 is 5.32 Å². The monoisotopic (exact) mass is 203 g/mol. The van der Waals surface area contributed by atoms with Gasteiger partial charge in [-0.1, -0.05) is 20.8 Å². The van der Waals surface area contributed by atoms with Crippen LogP contribution in [0.15, 0.2) is 11.3 Å². The van der Waals surface area contributed by atoms with Crippen LogP contribution in [0.5, 0.6) is 0 Å². The molecule has 0 spiro atoms. The molecule has 0 bridgehead atoms. The van der Waals surface area contributed by atoms with E-state index in [1.54, 1.807) is 0 Å². The molecule has 0 amide bonds. The first-order valence-corrected chi connectivity index (χ1v) is 5.70. The third-order valence-corrected chi connectivity index (χ3v) is 2.45. The lowest BCUT2D eigenvalue weighted by atomic mass is 10.1. The molecule has 1 nitrogen and oxygen atoms in total. The molecular formula is C11H22ClN. The molecule has 0 aliphatic carbocycles. The van der Waals surface area contributed by atoms with Gasteiger partial charge in [0.1, 0.15) is 0 Å². The molecule has 0 aliphatic heterocycles. The first kappa shape index (κ1) is 12.8. The number of hydrogen-bond donors (Lipinski definition) is 1. The van der Waals surface area contributed by atoms with E-state index in [0.29, 0.717) is 0 Å². The molecule has 0 radical (unpaired) electrons. The Labute approximate surface area is 87.6 Å². The number of halogens is 1. The summed E-state index contributed by atoms with van der Waals surface area (Å²) in [4.78, 5) is 0. The van der Waals surface area contributed by atoms with E-state index in [4.69, 9.17) is 11.6 Å². The van der Waals surface area contributed by atoms with Gasteiger partial charge in [0.25, 0.3) is 0 Å². The molecule has 13 heavy (non-hydrogen) atoms. The summed E-state index contributed by atoms with van der Waals surface area (Å²) in [6, 6.07) is 0. The molecule has 78 valence electrons. The van der Waals surface area contributed by atoms with Gasteiger partial charge in [-0.05, 0) is 31.8 Å². The molecule has 0 aromatic heterocycles. The van der Waals surface area contributed by atoms with Crippen molar-refractivity contribution in [2.45, 2.75) is 52.3 Å². The summed E-state index contributed by atoms with van der Waals surface area (Å²) in [5, 5.41) is 3.60. The van der Waals surface area contributed by atoms with Gasteiger partial charge in [-0.25, -0.2) is 0 Å². The highest BCUT2D eigenvalue weighted by atomic mass is 35.5. The lowest BCUT2D eigenvalue weighted by Gasteiger charge is -2.16. The number of alkyl halides is 1. The third kappa shape index (κ3) is 4.56. The summed E-state index contributed by atoms with van der Waals surface area (Å²) in [7, 11) is 0. The van der Waals surface area contributed by atoms with Gasteiger partial charge in [0.2, 0.25) is 0 Å². The highest BCUT2D eigenvalue weighted by Gasteiger charge is 2.08. The summed E-state index contributed by atoms with van der Waals surface area (Å²) >= 11 is 6.10. The predicted octanol–water partition coefficient (Wildman–Crippen LogP) is 3.69. The molecular weight excluding hydrogens is 182 g/mol. The summed E-state index contributed by atoms with van der Waals surface area (Å²) < 4.78 is 0. The zero-order chi connectivity index (χ0) is 10.3. The Morgan fingerprint density at radius 1 is 1.23 bits per heavy atom. The number of allylic oxidation sites excluding steroid dienone is 2. The molecule has 0 aromatic carbocycles. The van der Waals surface area contributed by atoms with Crippen molar-refractivity contribution in [3.63, 3.8) is 0 Å². The smallest absolute Gasteiger partial charge is 0.0536 e. The average Bonchev–Trinajstić information content (AvgIpc) is 2.11. The molecule has 1 atom stereocenters. The van der Waals surface area contributed by atoms with Crippen molar-refractivity contribution >= 4 is 11.6 Å². The first-order chi connectivity index (χ1) is 6.17. The van der Waals surface area contributed by atoms with Gasteiger partial charge >= 0.3 is 0 Å². The van der Waals surface area contributed by atoms with E-state index in [1.807, 2.05) is 6.92 Å². The predicted molar refractivity (Wildman–Crippen MR) is 61.2 cm³/mol. The second-order valence-corrected chi connectivity index (χ2v) is 3.91. The summed E-state index contributed by atoms with van der Waals surface area (Å²) in [6.07, 6.45) is 3.27. The van der Waals surface area contributed by atoms with Crippen LogP contribution in [0.25, 0.3) is 0 Å². The van der Waals surface area contributed by atoms with E-state index in [9.17, 15) is 0 Å². The molecule has 1 N–H and O–H groups in total. The van der Waals surface area contributed by atoms with Crippen molar-refractivity contribution in [3.8, 4) is 0 Å². The molecule has 0 fully saturated rings. The minimum absolute atomic E-state index is 0.157. The van der Waals surface area contributed by atoms with E-state index < -0.39 is 0 Å². The van der Waals surface area contributed by atoms with Crippen LogP contribution in [0.4, 0.5) is 0 Å². The van der Waals surface area contributed by atoms with Crippen LogP contribution in [0.2, 0.25) is 0 Å². The SMILES string of the molecule is CCCNC(CC)=C(CC)C(C)Cl. The van der Waals surface area contributed by atoms with Crippen LogP contribution >= 0.6 is 11.6 Å². The maximum Gasteiger partial charge on any atom is 0.0536 e. The van der Waals surface area contributed by atoms with Crippen LogP contribution in [0.1, 0.15) is 47.0 Å². The molecule has 0 aliphatic rings. The Morgan fingerprint density at radius 2 is 1.85 bits per heavy atom. The Kier molecular flexibility index (Phi) is 7.16. The van der Waals surface area contributed by atoms with E-state index >= 15 is 0 Å². The van der Waals surface area contributed by atoms with Gasteiger partial charge in [-0.3, -0.25) is 0 Å². The Hall–Kier alpha value is -0.170. The largest absolute Gasteiger partial charge is 0.388 e.